The Balaban J connectivity index is 2.13. The van der Waals surface area contributed by atoms with E-state index >= 15 is 0 Å². The van der Waals surface area contributed by atoms with Crippen LogP contribution in [0.25, 0.3) is 0 Å². The normalized spacial score (nSPS) is 24.2. The number of aromatic nitrogens is 2. The molecule has 0 aromatic carbocycles. The molecule has 0 N–H and O–H groups in total. The molecule has 0 saturated carbocycles. The highest BCUT2D eigenvalue weighted by Gasteiger charge is 2.27. The van der Waals surface area contributed by atoms with Crippen molar-refractivity contribution < 1.29 is 0 Å². The molecule has 0 aliphatic heterocycles. The van der Waals surface area contributed by atoms with Gasteiger partial charge in [0.2, 0.25) is 0 Å². The van der Waals surface area contributed by atoms with Crippen LogP contribution in [0.15, 0.2) is 24.0 Å². The second-order valence-corrected chi connectivity index (χ2v) is 6.08. The largest absolute Gasteiger partial charge is 0.338 e. The fraction of sp³-hybridized carbons (Fsp3) is 0.615. The SMILES string of the molecule is Cn1ccnc1CC1=CC(Cl)CC(C)(C)C1. The Morgan fingerprint density at radius 2 is 2.31 bits per heavy atom. The van der Waals surface area contributed by atoms with Crippen molar-refractivity contribution in [1.29, 1.82) is 0 Å². The molecule has 0 fully saturated rings. The molecule has 1 aliphatic carbocycles. The fourth-order valence-electron chi connectivity index (χ4n) is 2.48. The van der Waals surface area contributed by atoms with Gasteiger partial charge in [0.25, 0.3) is 0 Å². The summed E-state index contributed by atoms with van der Waals surface area (Å²) >= 11 is 6.27. The molecular weight excluding hydrogens is 220 g/mol. The number of hydrogen-bond donors (Lipinski definition) is 0. The van der Waals surface area contributed by atoms with Gasteiger partial charge in [0, 0.05) is 25.9 Å². The van der Waals surface area contributed by atoms with Crippen LogP contribution in [0.1, 0.15) is 32.5 Å². The highest BCUT2D eigenvalue weighted by Crippen LogP contribution is 2.38. The third-order valence-electron chi connectivity index (χ3n) is 3.18. The average Bonchev–Trinajstić information content (AvgIpc) is 2.48. The summed E-state index contributed by atoms with van der Waals surface area (Å²) in [5.41, 5.74) is 1.74. The first kappa shape index (κ1) is 11.7. The van der Waals surface area contributed by atoms with Crippen LogP contribution < -0.4 is 0 Å². The predicted octanol–water partition coefficient (Wildman–Crippen LogP) is 3.32. The van der Waals surface area contributed by atoms with Crippen LogP contribution in [0.2, 0.25) is 0 Å². The first-order chi connectivity index (χ1) is 7.46. The summed E-state index contributed by atoms with van der Waals surface area (Å²) < 4.78 is 2.08. The van der Waals surface area contributed by atoms with Gasteiger partial charge in [0.05, 0.1) is 5.38 Å². The molecule has 1 unspecified atom stereocenters. The zero-order valence-electron chi connectivity index (χ0n) is 10.2. The smallest absolute Gasteiger partial charge is 0.112 e. The first-order valence-corrected chi connectivity index (χ1v) is 6.20. The Hall–Kier alpha value is -0.760. The Labute approximate surface area is 102 Å². The zero-order chi connectivity index (χ0) is 11.8. The van der Waals surface area contributed by atoms with Crippen LogP contribution in [0.3, 0.4) is 0 Å². The number of rotatable bonds is 2. The summed E-state index contributed by atoms with van der Waals surface area (Å²) in [6.45, 7) is 4.57. The summed E-state index contributed by atoms with van der Waals surface area (Å²) in [5.74, 6) is 1.12. The molecule has 0 bridgehead atoms. The van der Waals surface area contributed by atoms with Crippen molar-refractivity contribution in [1.82, 2.24) is 9.55 Å². The second-order valence-electron chi connectivity index (χ2n) is 5.52. The highest BCUT2D eigenvalue weighted by molar-refractivity contribution is 6.21. The van der Waals surface area contributed by atoms with Gasteiger partial charge in [0.15, 0.2) is 0 Å². The summed E-state index contributed by atoms with van der Waals surface area (Å²) in [4.78, 5) is 4.36. The lowest BCUT2D eigenvalue weighted by molar-refractivity contribution is 0.320. The Morgan fingerprint density at radius 1 is 1.56 bits per heavy atom. The quantitative estimate of drug-likeness (QED) is 0.571. The van der Waals surface area contributed by atoms with E-state index in [4.69, 9.17) is 11.6 Å². The number of hydrogen-bond acceptors (Lipinski definition) is 1. The van der Waals surface area contributed by atoms with Crippen molar-refractivity contribution in [3.05, 3.63) is 29.9 Å². The molecule has 2 nitrogen and oxygen atoms in total. The molecule has 1 atom stereocenters. The lowest BCUT2D eigenvalue weighted by Crippen LogP contribution is -2.23. The number of aryl methyl sites for hydroxylation is 1. The minimum absolute atomic E-state index is 0.180. The van der Waals surface area contributed by atoms with Crippen molar-refractivity contribution >= 4 is 11.6 Å². The van der Waals surface area contributed by atoms with Gasteiger partial charge in [-0.2, -0.15) is 0 Å². The average molecular weight is 239 g/mol. The first-order valence-electron chi connectivity index (χ1n) is 5.76. The molecule has 0 radical (unpaired) electrons. The van der Waals surface area contributed by atoms with E-state index < -0.39 is 0 Å². The van der Waals surface area contributed by atoms with E-state index in [1.807, 2.05) is 19.4 Å². The van der Waals surface area contributed by atoms with Crippen LogP contribution in [-0.2, 0) is 13.5 Å². The van der Waals surface area contributed by atoms with Crippen molar-refractivity contribution in [3.8, 4) is 0 Å². The molecule has 0 amide bonds. The van der Waals surface area contributed by atoms with Crippen molar-refractivity contribution in [2.45, 2.75) is 38.5 Å². The van der Waals surface area contributed by atoms with E-state index in [1.54, 1.807) is 0 Å². The van der Waals surface area contributed by atoms with Crippen LogP contribution in [0.5, 0.6) is 0 Å². The summed E-state index contributed by atoms with van der Waals surface area (Å²) in [6, 6.07) is 0. The molecule has 0 spiro atoms. The van der Waals surface area contributed by atoms with Gasteiger partial charge >= 0.3 is 0 Å². The number of allylic oxidation sites excluding steroid dienone is 2. The molecule has 1 aromatic rings. The third kappa shape index (κ3) is 2.67. The van der Waals surface area contributed by atoms with Gasteiger partial charge in [-0.05, 0) is 18.3 Å². The number of halogens is 1. The van der Waals surface area contributed by atoms with Crippen LogP contribution >= 0.6 is 11.6 Å². The molecular formula is C13H19ClN2. The standard InChI is InChI=1S/C13H19ClN2/c1-13(2)8-10(6-11(14)9-13)7-12-15-4-5-16(12)3/h4-6,11H,7-9H2,1-3H3. The summed E-state index contributed by atoms with van der Waals surface area (Å²) in [7, 11) is 2.04. The maximum absolute atomic E-state index is 6.27. The molecule has 3 heteroatoms. The molecule has 0 saturated heterocycles. The lowest BCUT2D eigenvalue weighted by Gasteiger charge is -2.32. The number of alkyl halides is 1. The fourth-order valence-corrected chi connectivity index (χ4v) is 3.08. The van der Waals surface area contributed by atoms with Gasteiger partial charge in [0.1, 0.15) is 5.82 Å². The van der Waals surface area contributed by atoms with Gasteiger partial charge in [-0.25, -0.2) is 4.98 Å². The minimum atomic E-state index is 0.180. The van der Waals surface area contributed by atoms with Gasteiger partial charge in [-0.15, -0.1) is 11.6 Å². The Kier molecular flexibility index (Phi) is 3.11. The second kappa shape index (κ2) is 4.25. The van der Waals surface area contributed by atoms with Crippen molar-refractivity contribution in [2.24, 2.45) is 12.5 Å². The van der Waals surface area contributed by atoms with E-state index in [1.165, 1.54) is 5.57 Å². The van der Waals surface area contributed by atoms with Crippen LogP contribution in [-0.4, -0.2) is 14.9 Å². The van der Waals surface area contributed by atoms with Gasteiger partial charge in [-0.3, -0.25) is 0 Å². The molecule has 1 aromatic heterocycles. The maximum Gasteiger partial charge on any atom is 0.112 e. The van der Waals surface area contributed by atoms with Crippen molar-refractivity contribution in [2.75, 3.05) is 0 Å². The van der Waals surface area contributed by atoms with E-state index in [2.05, 4.69) is 29.5 Å². The summed E-state index contributed by atoms with van der Waals surface area (Å²) in [6.07, 6.45) is 9.17. The van der Waals surface area contributed by atoms with E-state index in [0.717, 1.165) is 25.1 Å². The van der Waals surface area contributed by atoms with Crippen LogP contribution in [0, 0.1) is 5.41 Å². The molecule has 1 heterocycles. The number of nitrogens with zero attached hydrogens (tertiary/aromatic N) is 2. The topological polar surface area (TPSA) is 17.8 Å². The molecule has 16 heavy (non-hydrogen) atoms. The van der Waals surface area contributed by atoms with Crippen LogP contribution in [0.4, 0.5) is 0 Å². The van der Waals surface area contributed by atoms with Crippen molar-refractivity contribution in [3.63, 3.8) is 0 Å². The maximum atomic E-state index is 6.27. The number of imidazole rings is 1. The Bertz CT molecular complexity index is 404. The molecule has 1 aliphatic rings. The van der Waals surface area contributed by atoms with Gasteiger partial charge in [-0.1, -0.05) is 25.5 Å². The van der Waals surface area contributed by atoms with E-state index in [9.17, 15) is 0 Å². The highest BCUT2D eigenvalue weighted by atomic mass is 35.5. The third-order valence-corrected chi connectivity index (χ3v) is 3.46. The Morgan fingerprint density at radius 3 is 2.88 bits per heavy atom. The van der Waals surface area contributed by atoms with E-state index in [0.29, 0.717) is 5.41 Å². The lowest BCUT2D eigenvalue weighted by atomic mass is 9.76. The summed E-state index contributed by atoms with van der Waals surface area (Å²) in [5, 5.41) is 0.180. The molecule has 88 valence electrons. The molecule has 2 rings (SSSR count). The monoisotopic (exact) mass is 238 g/mol. The van der Waals surface area contributed by atoms with Gasteiger partial charge < -0.3 is 4.57 Å². The zero-order valence-corrected chi connectivity index (χ0v) is 11.0. The predicted molar refractivity (Wildman–Crippen MR) is 67.7 cm³/mol. The van der Waals surface area contributed by atoms with E-state index in [-0.39, 0.29) is 5.38 Å². The minimum Gasteiger partial charge on any atom is -0.338 e.